The van der Waals surface area contributed by atoms with Gasteiger partial charge >= 0.3 is 0 Å². The summed E-state index contributed by atoms with van der Waals surface area (Å²) >= 11 is 6.22. The molecule has 2 atom stereocenters. The van der Waals surface area contributed by atoms with E-state index in [0.29, 0.717) is 30.4 Å². The van der Waals surface area contributed by atoms with Gasteiger partial charge in [0.15, 0.2) is 0 Å². The van der Waals surface area contributed by atoms with Crippen molar-refractivity contribution in [3.8, 4) is 0 Å². The van der Waals surface area contributed by atoms with E-state index in [1.807, 2.05) is 12.3 Å². The second-order valence-corrected chi connectivity index (χ2v) is 13.5. The average molecular weight is 567 g/mol. The van der Waals surface area contributed by atoms with Gasteiger partial charge in [-0.3, -0.25) is 4.79 Å². The highest BCUT2D eigenvalue weighted by molar-refractivity contribution is 6.30. The molecule has 2 aliphatic heterocycles. The maximum Gasteiger partial charge on any atom is 0.226 e. The van der Waals surface area contributed by atoms with Crippen molar-refractivity contribution >= 4 is 23.5 Å². The summed E-state index contributed by atoms with van der Waals surface area (Å²) in [6.07, 6.45) is 12.4. The summed E-state index contributed by atoms with van der Waals surface area (Å²) in [6, 6.07) is 8.68. The van der Waals surface area contributed by atoms with Gasteiger partial charge in [-0.1, -0.05) is 76.1 Å². The topological polar surface area (TPSA) is 67.4 Å². The van der Waals surface area contributed by atoms with Gasteiger partial charge in [0, 0.05) is 42.0 Å². The lowest BCUT2D eigenvalue weighted by Gasteiger charge is -2.37. The zero-order valence-electron chi connectivity index (χ0n) is 24.8. The van der Waals surface area contributed by atoms with Crippen molar-refractivity contribution < 1.29 is 9.53 Å². The minimum absolute atomic E-state index is 0.0203. The van der Waals surface area contributed by atoms with E-state index in [0.717, 1.165) is 54.7 Å². The Morgan fingerprint density at radius 1 is 1.12 bits per heavy atom. The Labute approximate surface area is 245 Å². The molecule has 218 valence electrons. The number of fused-ring (bicyclic) bond motifs is 1. The molecule has 6 nitrogen and oxygen atoms in total. The van der Waals surface area contributed by atoms with Crippen molar-refractivity contribution in [1.29, 1.82) is 0 Å². The SMILES string of the molecule is CC(C(=O)N1Cc2nc(NC3CCOCC3)ncc2C1(C)C)C(C)C1CCCC(Cc2cccc(Cl)c2)CCC1. The third kappa shape index (κ3) is 6.65. The molecule has 2 unspecified atom stereocenters. The number of benzene rings is 1. The van der Waals surface area contributed by atoms with E-state index in [4.69, 9.17) is 21.3 Å². The molecule has 1 amide bonds. The van der Waals surface area contributed by atoms with Crippen LogP contribution >= 0.6 is 11.6 Å². The average Bonchev–Trinajstić information content (AvgIpc) is 3.19. The van der Waals surface area contributed by atoms with Crippen LogP contribution < -0.4 is 5.32 Å². The van der Waals surface area contributed by atoms with Gasteiger partial charge in [0.1, 0.15) is 0 Å². The van der Waals surface area contributed by atoms with Crippen molar-refractivity contribution in [2.75, 3.05) is 18.5 Å². The number of ether oxygens (including phenoxy) is 1. The number of rotatable bonds is 7. The van der Waals surface area contributed by atoms with Gasteiger partial charge in [-0.25, -0.2) is 9.97 Å². The lowest BCUT2D eigenvalue weighted by Crippen LogP contribution is -2.45. The molecule has 2 fully saturated rings. The van der Waals surface area contributed by atoms with E-state index >= 15 is 0 Å². The summed E-state index contributed by atoms with van der Waals surface area (Å²) < 4.78 is 5.48. The van der Waals surface area contributed by atoms with Crippen LogP contribution in [0.25, 0.3) is 0 Å². The van der Waals surface area contributed by atoms with Gasteiger partial charge in [-0.2, -0.15) is 0 Å². The van der Waals surface area contributed by atoms with Crippen LogP contribution in [0.2, 0.25) is 5.02 Å². The quantitative estimate of drug-likeness (QED) is 0.378. The van der Waals surface area contributed by atoms with E-state index in [1.165, 1.54) is 44.1 Å². The first kappa shape index (κ1) is 29.3. The smallest absolute Gasteiger partial charge is 0.226 e. The first-order valence-corrected chi connectivity index (χ1v) is 15.9. The third-order valence-corrected chi connectivity index (χ3v) is 10.3. The lowest BCUT2D eigenvalue weighted by molar-refractivity contribution is -0.143. The minimum atomic E-state index is -0.411. The van der Waals surface area contributed by atoms with Crippen molar-refractivity contribution in [1.82, 2.24) is 14.9 Å². The minimum Gasteiger partial charge on any atom is -0.381 e. The number of carbonyl (C=O) groups excluding carboxylic acids is 1. The number of carbonyl (C=O) groups is 1. The molecule has 0 radical (unpaired) electrons. The summed E-state index contributed by atoms with van der Waals surface area (Å²) in [5, 5.41) is 4.32. The first-order chi connectivity index (χ1) is 19.2. The van der Waals surface area contributed by atoms with Crippen LogP contribution in [0.4, 0.5) is 5.95 Å². The molecule has 0 bridgehead atoms. The zero-order chi connectivity index (χ0) is 28.3. The number of hydrogen-bond acceptors (Lipinski definition) is 5. The number of halogens is 1. The summed E-state index contributed by atoms with van der Waals surface area (Å²) in [4.78, 5) is 25.5. The van der Waals surface area contributed by atoms with E-state index in [2.05, 4.69) is 61.1 Å². The molecule has 40 heavy (non-hydrogen) atoms. The molecule has 3 aliphatic rings. The Morgan fingerprint density at radius 2 is 1.85 bits per heavy atom. The number of nitrogens with zero attached hydrogens (tertiary/aromatic N) is 3. The summed E-state index contributed by atoms with van der Waals surface area (Å²) in [6.45, 7) is 10.8. The van der Waals surface area contributed by atoms with Crippen molar-refractivity contribution in [3.05, 3.63) is 52.3 Å². The predicted octanol–water partition coefficient (Wildman–Crippen LogP) is 7.40. The Hall–Kier alpha value is -2.18. The summed E-state index contributed by atoms with van der Waals surface area (Å²) in [5.74, 6) is 2.57. The maximum atomic E-state index is 14.0. The van der Waals surface area contributed by atoms with Gasteiger partial charge in [-0.15, -0.1) is 0 Å². The molecular formula is C33H47ClN4O2. The number of anilines is 1. The van der Waals surface area contributed by atoms with Crippen LogP contribution in [0.15, 0.2) is 30.5 Å². The van der Waals surface area contributed by atoms with E-state index in [9.17, 15) is 4.79 Å². The van der Waals surface area contributed by atoms with E-state index in [1.54, 1.807) is 0 Å². The molecule has 3 heterocycles. The lowest BCUT2D eigenvalue weighted by atomic mass is 9.74. The van der Waals surface area contributed by atoms with Gasteiger partial charge in [0.05, 0.1) is 17.8 Å². The highest BCUT2D eigenvalue weighted by Gasteiger charge is 2.44. The van der Waals surface area contributed by atoms with Crippen molar-refractivity contribution in [2.24, 2.45) is 23.7 Å². The zero-order valence-corrected chi connectivity index (χ0v) is 25.6. The molecule has 1 saturated carbocycles. The second-order valence-electron chi connectivity index (χ2n) is 13.0. The molecule has 1 aromatic heterocycles. The monoisotopic (exact) mass is 566 g/mol. The van der Waals surface area contributed by atoms with E-state index < -0.39 is 5.54 Å². The highest BCUT2D eigenvalue weighted by atomic mass is 35.5. The van der Waals surface area contributed by atoms with Crippen molar-refractivity contribution in [2.45, 2.75) is 104 Å². The Bertz CT molecular complexity index is 1150. The predicted molar refractivity (Wildman–Crippen MR) is 161 cm³/mol. The number of aromatic nitrogens is 2. The van der Waals surface area contributed by atoms with Crippen LogP contribution in [-0.4, -0.2) is 40.0 Å². The van der Waals surface area contributed by atoms with Gasteiger partial charge in [0.25, 0.3) is 0 Å². The Kier molecular flexibility index (Phi) is 9.36. The second kappa shape index (κ2) is 12.8. The van der Waals surface area contributed by atoms with Crippen LogP contribution in [-0.2, 0) is 28.0 Å². The van der Waals surface area contributed by atoms with E-state index in [-0.39, 0.29) is 11.8 Å². The van der Waals surface area contributed by atoms with Gasteiger partial charge in [-0.05, 0) is 68.6 Å². The fourth-order valence-electron chi connectivity index (χ4n) is 7.22. The van der Waals surface area contributed by atoms with Gasteiger partial charge < -0.3 is 15.0 Å². The molecule has 1 aromatic carbocycles. The highest BCUT2D eigenvalue weighted by Crippen LogP contribution is 2.41. The molecule has 1 aliphatic carbocycles. The van der Waals surface area contributed by atoms with Crippen LogP contribution in [0, 0.1) is 23.7 Å². The van der Waals surface area contributed by atoms with Crippen LogP contribution in [0.5, 0.6) is 0 Å². The summed E-state index contributed by atoms with van der Waals surface area (Å²) in [5.41, 5.74) is 2.98. The fraction of sp³-hybridized carbons (Fsp3) is 0.667. The molecule has 1 N–H and O–H groups in total. The standard InChI is InChI=1S/C33H47ClN4O2/c1-22(26-11-5-8-24(9-6-12-26)18-25-10-7-13-27(34)19-25)23(2)31(39)38-21-30-29(33(38,3)4)20-35-32(37-30)36-28-14-16-40-17-15-28/h7,10,13,19-20,22-24,26,28H,5-6,8-9,11-12,14-18,21H2,1-4H3,(H,35,36,37). The molecule has 5 rings (SSSR count). The molecule has 0 spiro atoms. The normalized spacial score (nSPS) is 25.0. The Morgan fingerprint density at radius 3 is 2.55 bits per heavy atom. The molecule has 2 aromatic rings. The molecular weight excluding hydrogens is 520 g/mol. The van der Waals surface area contributed by atoms with Gasteiger partial charge in [0.2, 0.25) is 11.9 Å². The first-order valence-electron chi connectivity index (χ1n) is 15.5. The fourth-order valence-corrected chi connectivity index (χ4v) is 7.43. The van der Waals surface area contributed by atoms with Crippen LogP contribution in [0.1, 0.15) is 95.9 Å². The Balaban J connectivity index is 1.17. The molecule has 1 saturated heterocycles. The third-order valence-electron chi connectivity index (χ3n) is 10.0. The van der Waals surface area contributed by atoms with Crippen LogP contribution in [0.3, 0.4) is 0 Å². The summed E-state index contributed by atoms with van der Waals surface area (Å²) in [7, 11) is 0. The number of amides is 1. The molecule has 7 heteroatoms. The number of hydrogen-bond donors (Lipinski definition) is 1. The maximum absolute atomic E-state index is 14.0. The largest absolute Gasteiger partial charge is 0.381 e. The van der Waals surface area contributed by atoms with Crippen molar-refractivity contribution in [3.63, 3.8) is 0 Å². The number of nitrogens with one attached hydrogen (secondary N) is 1.